The molecular formula is C21H20N8O8S3. The number of nitrogens with zero attached hydrogens (tertiary/aromatic N) is 5. The molecule has 2 aliphatic heterocycles. The number of carboxylic acid groups (broad SMARTS) is 1. The minimum atomic E-state index is -1.32. The second-order valence-corrected chi connectivity index (χ2v) is 11.6. The Morgan fingerprint density at radius 2 is 2.10 bits per heavy atom. The van der Waals surface area contributed by atoms with Crippen molar-refractivity contribution in [2.45, 2.75) is 35.5 Å². The van der Waals surface area contributed by atoms with Crippen LogP contribution in [-0.2, 0) is 31.1 Å². The Bertz CT molecular complexity index is 1580. The van der Waals surface area contributed by atoms with Crippen LogP contribution in [0.25, 0.3) is 0 Å². The maximum atomic E-state index is 13.2. The van der Waals surface area contributed by atoms with Crippen molar-refractivity contribution in [3.63, 3.8) is 0 Å². The molecule has 16 nitrogen and oxygen atoms in total. The number of aliphatic carboxylic acids is 1. The Hall–Kier alpha value is -3.97. The fraction of sp³-hybridized carbons (Fsp3) is 0.381. The third kappa shape index (κ3) is 5.52. The van der Waals surface area contributed by atoms with E-state index >= 15 is 0 Å². The highest BCUT2D eigenvalue weighted by Crippen LogP contribution is 2.41. The van der Waals surface area contributed by atoms with Gasteiger partial charge in [-0.25, -0.2) is 9.78 Å². The van der Waals surface area contributed by atoms with E-state index in [2.05, 4.69) is 30.9 Å². The average Bonchev–Trinajstić information content (AvgIpc) is 3.64. The summed E-state index contributed by atoms with van der Waals surface area (Å²) >= 11 is 3.37. The molecule has 210 valence electrons. The van der Waals surface area contributed by atoms with Crippen molar-refractivity contribution in [1.29, 1.82) is 0 Å². The monoisotopic (exact) mass is 608 g/mol. The third-order valence-electron chi connectivity index (χ3n) is 5.82. The maximum Gasteiger partial charge on any atom is 0.352 e. The lowest BCUT2D eigenvalue weighted by Gasteiger charge is -2.49. The number of anilines is 1. The highest BCUT2D eigenvalue weighted by Gasteiger charge is 2.54. The van der Waals surface area contributed by atoms with Crippen LogP contribution >= 0.6 is 34.9 Å². The van der Waals surface area contributed by atoms with Gasteiger partial charge >= 0.3 is 17.1 Å². The molecule has 5 rings (SSSR count). The predicted octanol–water partition coefficient (Wildman–Crippen LogP) is -1.09. The topological polar surface area (TPSA) is 218 Å². The van der Waals surface area contributed by atoms with Crippen molar-refractivity contribution in [3.8, 4) is 0 Å². The van der Waals surface area contributed by atoms with E-state index < -0.39 is 40.3 Å². The van der Waals surface area contributed by atoms with Crippen molar-refractivity contribution in [2.75, 3.05) is 16.8 Å². The van der Waals surface area contributed by atoms with Gasteiger partial charge in [-0.3, -0.25) is 38.7 Å². The molecular weight excluding hydrogens is 588 g/mol. The van der Waals surface area contributed by atoms with Crippen molar-refractivity contribution in [1.82, 2.24) is 30.0 Å². The first-order valence-electron chi connectivity index (χ1n) is 11.6. The van der Waals surface area contributed by atoms with Crippen molar-refractivity contribution >= 4 is 69.9 Å². The van der Waals surface area contributed by atoms with Crippen LogP contribution in [0.2, 0.25) is 0 Å². The molecule has 0 bridgehead atoms. The number of fused-ring (bicyclic) bond motifs is 1. The molecule has 2 atom stereocenters. The third-order valence-corrected chi connectivity index (χ3v) is 9.05. The van der Waals surface area contributed by atoms with Crippen LogP contribution in [0, 0.1) is 0 Å². The number of aryl methyl sites for hydroxylation is 1. The molecule has 2 fully saturated rings. The summed E-state index contributed by atoms with van der Waals surface area (Å²) < 4.78 is 1.25. The Balaban J connectivity index is 1.31. The van der Waals surface area contributed by atoms with Crippen molar-refractivity contribution in [2.24, 2.45) is 12.2 Å². The van der Waals surface area contributed by atoms with Gasteiger partial charge in [0.2, 0.25) is 6.41 Å². The lowest BCUT2D eigenvalue weighted by molar-refractivity contribution is -0.150. The Morgan fingerprint density at radius 1 is 1.32 bits per heavy atom. The largest absolute Gasteiger partial charge is 0.477 e. The van der Waals surface area contributed by atoms with Crippen LogP contribution in [0.1, 0.15) is 18.5 Å². The first-order chi connectivity index (χ1) is 19.2. The number of rotatable bonds is 11. The number of thioether (sulfide) groups is 2. The number of carbonyl (C=O) groups is 4. The zero-order valence-corrected chi connectivity index (χ0v) is 22.9. The number of carboxylic acids is 1. The van der Waals surface area contributed by atoms with E-state index in [9.17, 15) is 33.9 Å². The molecule has 1 saturated heterocycles. The van der Waals surface area contributed by atoms with Gasteiger partial charge in [-0.05, 0) is 18.4 Å². The SMILES string of the molecule is Cn1[nH]c(=O)c(=O)nc1SCC1=C(C(=O)O)N2C(=O)[C@@H](NC(=O)C(=NOC3CC3)c3csc(NC=O)n3)[C@@H]2SC1. The second kappa shape index (κ2) is 11.3. The average molecular weight is 609 g/mol. The van der Waals surface area contributed by atoms with Gasteiger partial charge < -0.3 is 20.6 Å². The number of hydrogen-bond acceptors (Lipinski definition) is 13. The molecule has 3 aliphatic rings. The van der Waals surface area contributed by atoms with Gasteiger partial charge in [0.25, 0.3) is 11.8 Å². The lowest BCUT2D eigenvalue weighted by Crippen LogP contribution is -2.71. The summed E-state index contributed by atoms with van der Waals surface area (Å²) in [4.78, 5) is 86.5. The van der Waals surface area contributed by atoms with E-state index in [1.165, 1.54) is 28.9 Å². The number of aromatic nitrogens is 4. The van der Waals surface area contributed by atoms with Crippen LogP contribution in [-0.4, -0.2) is 88.7 Å². The molecule has 0 radical (unpaired) electrons. The predicted molar refractivity (Wildman–Crippen MR) is 143 cm³/mol. The number of nitrogens with one attached hydrogen (secondary N) is 3. The number of amides is 3. The molecule has 4 heterocycles. The Labute approximate surface area is 236 Å². The summed E-state index contributed by atoms with van der Waals surface area (Å²) in [6.07, 6.45) is 1.92. The maximum absolute atomic E-state index is 13.2. The molecule has 19 heteroatoms. The smallest absolute Gasteiger partial charge is 0.352 e. The molecule has 2 aromatic heterocycles. The van der Waals surface area contributed by atoms with E-state index in [0.717, 1.165) is 40.8 Å². The van der Waals surface area contributed by atoms with E-state index in [0.29, 0.717) is 12.0 Å². The normalized spacial score (nSPS) is 20.5. The summed E-state index contributed by atoms with van der Waals surface area (Å²) in [5, 5.41) is 22.4. The van der Waals surface area contributed by atoms with E-state index in [-0.39, 0.29) is 45.0 Å². The highest BCUT2D eigenvalue weighted by molar-refractivity contribution is 8.01. The highest BCUT2D eigenvalue weighted by atomic mass is 32.2. The molecule has 1 aliphatic carbocycles. The van der Waals surface area contributed by atoms with Crippen molar-refractivity contribution in [3.05, 3.63) is 43.1 Å². The van der Waals surface area contributed by atoms with Crippen LogP contribution in [0.3, 0.4) is 0 Å². The van der Waals surface area contributed by atoms with Gasteiger partial charge in [-0.1, -0.05) is 16.9 Å². The standard InChI is InChI=1S/C21H20N8O8S3/c1-28-21(25-15(32)16(33)26-28)40-5-8-4-38-18-12(17(34)29(18)13(8)19(35)36)24-14(31)11(27-37-9-2-3-9)10-6-39-20(23-10)22-7-30/h6-7,9,12,18H,2-5H2,1H3,(H,24,31)(H,26,33)(H,35,36)(H,22,23,30)/t12-,18+/m1/s1. The number of aromatic amines is 1. The number of hydrogen-bond donors (Lipinski definition) is 4. The minimum Gasteiger partial charge on any atom is -0.477 e. The van der Waals surface area contributed by atoms with Gasteiger partial charge in [0.05, 0.1) is 0 Å². The summed E-state index contributed by atoms with van der Waals surface area (Å²) in [6, 6.07) is -1.03. The first kappa shape index (κ1) is 27.6. The Kier molecular flexibility index (Phi) is 7.76. The van der Waals surface area contributed by atoms with E-state index in [1.54, 1.807) is 0 Å². The number of carbonyl (C=O) groups excluding carboxylic acids is 3. The van der Waals surface area contributed by atoms with Crippen LogP contribution in [0.4, 0.5) is 5.13 Å². The first-order valence-corrected chi connectivity index (χ1v) is 14.5. The quantitative estimate of drug-likeness (QED) is 0.0597. The van der Waals surface area contributed by atoms with Gasteiger partial charge in [0.15, 0.2) is 16.0 Å². The molecule has 0 unspecified atom stereocenters. The van der Waals surface area contributed by atoms with Crippen LogP contribution in [0.5, 0.6) is 0 Å². The van der Waals surface area contributed by atoms with E-state index in [1.807, 2.05) is 0 Å². The molecule has 0 spiro atoms. The fourth-order valence-corrected chi connectivity index (χ4v) is 6.81. The second-order valence-electron chi connectivity index (χ2n) is 8.65. The lowest BCUT2D eigenvalue weighted by atomic mass is 10.0. The molecule has 1 saturated carbocycles. The van der Waals surface area contributed by atoms with Gasteiger partial charge in [-0.2, -0.15) is 4.98 Å². The molecule has 0 aromatic carbocycles. The number of β-lactam (4-membered cyclic amide) rings is 1. The zero-order chi connectivity index (χ0) is 28.6. The molecule has 4 N–H and O–H groups in total. The van der Waals surface area contributed by atoms with Gasteiger partial charge in [0, 0.05) is 23.9 Å². The summed E-state index contributed by atoms with van der Waals surface area (Å²) in [6.45, 7) is 0. The Morgan fingerprint density at radius 3 is 2.80 bits per heavy atom. The molecule has 2 aromatic rings. The van der Waals surface area contributed by atoms with Crippen molar-refractivity contribution < 1.29 is 29.1 Å². The number of oxime groups is 1. The number of H-pyrrole nitrogens is 1. The fourth-order valence-electron chi connectivity index (χ4n) is 3.75. The minimum absolute atomic E-state index is 0.0881. The number of thiazole rings is 1. The summed E-state index contributed by atoms with van der Waals surface area (Å²) in [5.74, 6) is -2.37. The van der Waals surface area contributed by atoms with Crippen LogP contribution < -0.4 is 21.8 Å². The van der Waals surface area contributed by atoms with Crippen LogP contribution in [0.15, 0.2) is 36.6 Å². The van der Waals surface area contributed by atoms with Gasteiger partial charge in [-0.15, -0.1) is 23.1 Å². The summed E-state index contributed by atoms with van der Waals surface area (Å²) in [7, 11) is 1.49. The van der Waals surface area contributed by atoms with E-state index in [4.69, 9.17) is 4.84 Å². The molecule has 3 amide bonds. The molecule has 40 heavy (non-hydrogen) atoms. The summed E-state index contributed by atoms with van der Waals surface area (Å²) in [5.41, 5.74) is -1.69. The van der Waals surface area contributed by atoms with Gasteiger partial charge in [0.1, 0.15) is 28.9 Å². The zero-order valence-electron chi connectivity index (χ0n) is 20.5.